The van der Waals surface area contributed by atoms with Gasteiger partial charge in [0, 0.05) is 26.7 Å². The first-order valence-corrected chi connectivity index (χ1v) is 10.9. The first-order chi connectivity index (χ1) is 15.0. The van der Waals surface area contributed by atoms with Crippen molar-refractivity contribution in [2.75, 3.05) is 10.2 Å². The summed E-state index contributed by atoms with van der Waals surface area (Å²) in [6.45, 7) is 0. The van der Waals surface area contributed by atoms with E-state index in [4.69, 9.17) is 23.2 Å². The third-order valence-corrected chi connectivity index (χ3v) is 6.01. The second-order valence-corrected chi connectivity index (χ2v) is 8.59. The van der Waals surface area contributed by atoms with Gasteiger partial charge in [0.25, 0.3) is 11.8 Å². The molecule has 152 valence electrons. The summed E-state index contributed by atoms with van der Waals surface area (Å²) in [5.74, 6) is -0.646. The van der Waals surface area contributed by atoms with Gasteiger partial charge in [0.15, 0.2) is 5.13 Å². The molecule has 1 aliphatic heterocycles. The van der Waals surface area contributed by atoms with E-state index >= 15 is 0 Å². The molecular formula is C23H13Cl2N3O2S. The quantitative estimate of drug-likeness (QED) is 0.342. The van der Waals surface area contributed by atoms with Crippen LogP contribution >= 0.6 is 34.5 Å². The molecule has 0 aliphatic carbocycles. The number of amides is 2. The molecule has 5 nitrogen and oxygen atoms in total. The Hall–Kier alpha value is -3.19. The zero-order valence-electron chi connectivity index (χ0n) is 15.8. The van der Waals surface area contributed by atoms with Gasteiger partial charge in [-0.15, -0.1) is 11.3 Å². The molecule has 2 amide bonds. The number of nitrogens with zero attached hydrogens (tertiary/aromatic N) is 2. The van der Waals surface area contributed by atoms with E-state index in [-0.39, 0.29) is 11.8 Å². The molecule has 0 spiro atoms. The highest BCUT2D eigenvalue weighted by Crippen LogP contribution is 2.33. The zero-order valence-corrected chi connectivity index (χ0v) is 18.1. The van der Waals surface area contributed by atoms with Crippen molar-refractivity contribution in [2.45, 2.75) is 0 Å². The van der Waals surface area contributed by atoms with Crippen molar-refractivity contribution in [3.63, 3.8) is 0 Å². The maximum atomic E-state index is 12.8. The van der Waals surface area contributed by atoms with E-state index in [1.807, 2.05) is 11.4 Å². The number of aromatic nitrogens is 1. The minimum Gasteiger partial charge on any atom is -0.331 e. The summed E-state index contributed by atoms with van der Waals surface area (Å²) in [5.41, 5.74) is 3.59. The number of carbonyl (C=O) groups excluding carboxylic acids is 2. The van der Waals surface area contributed by atoms with E-state index < -0.39 is 0 Å². The van der Waals surface area contributed by atoms with Crippen LogP contribution in [0.5, 0.6) is 0 Å². The molecule has 5 rings (SSSR count). The summed E-state index contributed by atoms with van der Waals surface area (Å²) in [7, 11) is 0. The van der Waals surface area contributed by atoms with Gasteiger partial charge in [-0.3, -0.25) is 9.59 Å². The number of hydrogen-bond acceptors (Lipinski definition) is 5. The standard InChI is InChI=1S/C23H13Cl2N3O2S/c24-14-9-15(25)11-16(10-14)26-23-27-20(12-31-23)13-4-3-5-17(8-13)28-21(29)18-6-1-2-7-19(18)22(28)30/h1-12H,(H,26,27). The van der Waals surface area contributed by atoms with E-state index in [9.17, 15) is 9.59 Å². The van der Waals surface area contributed by atoms with Gasteiger partial charge in [0.2, 0.25) is 0 Å². The summed E-state index contributed by atoms with van der Waals surface area (Å²) in [4.78, 5) is 31.4. The Labute approximate surface area is 191 Å². The number of rotatable bonds is 4. The number of carbonyl (C=O) groups is 2. The third kappa shape index (κ3) is 3.70. The van der Waals surface area contributed by atoms with E-state index in [0.717, 1.165) is 16.9 Å². The SMILES string of the molecule is O=C1c2ccccc2C(=O)N1c1cccc(-c2csc(Nc3cc(Cl)cc(Cl)c3)n2)c1. The molecule has 31 heavy (non-hydrogen) atoms. The van der Waals surface area contributed by atoms with Crippen LogP contribution in [0.25, 0.3) is 11.3 Å². The number of hydrogen-bond donors (Lipinski definition) is 1. The Balaban J connectivity index is 1.43. The molecular weight excluding hydrogens is 453 g/mol. The van der Waals surface area contributed by atoms with Crippen LogP contribution in [0, 0.1) is 0 Å². The highest BCUT2D eigenvalue weighted by Gasteiger charge is 2.36. The largest absolute Gasteiger partial charge is 0.331 e. The van der Waals surface area contributed by atoms with Crippen molar-refractivity contribution in [1.82, 2.24) is 4.98 Å². The van der Waals surface area contributed by atoms with Gasteiger partial charge in [-0.05, 0) is 42.5 Å². The smallest absolute Gasteiger partial charge is 0.266 e. The van der Waals surface area contributed by atoms with Crippen LogP contribution in [0.15, 0.2) is 72.1 Å². The number of nitrogens with one attached hydrogen (secondary N) is 1. The minimum absolute atomic E-state index is 0.323. The average Bonchev–Trinajstić information content (AvgIpc) is 3.31. The van der Waals surface area contributed by atoms with Gasteiger partial charge in [-0.2, -0.15) is 0 Å². The van der Waals surface area contributed by atoms with Crippen molar-refractivity contribution >= 4 is 62.9 Å². The lowest BCUT2D eigenvalue weighted by Gasteiger charge is -2.14. The Morgan fingerprint density at radius 1 is 0.839 bits per heavy atom. The molecule has 2 heterocycles. The van der Waals surface area contributed by atoms with Gasteiger partial charge in [-0.25, -0.2) is 9.88 Å². The number of fused-ring (bicyclic) bond motifs is 1. The molecule has 1 N–H and O–H groups in total. The third-order valence-electron chi connectivity index (χ3n) is 4.81. The molecule has 1 aromatic heterocycles. The number of anilines is 3. The molecule has 0 unspecified atom stereocenters. The Bertz CT molecular complexity index is 1300. The van der Waals surface area contributed by atoms with Crippen LogP contribution < -0.4 is 10.2 Å². The Kier molecular flexibility index (Phi) is 4.98. The molecule has 0 fully saturated rings. The molecule has 4 aromatic rings. The monoisotopic (exact) mass is 465 g/mol. The van der Waals surface area contributed by atoms with Gasteiger partial charge in [0.05, 0.1) is 22.5 Å². The summed E-state index contributed by atoms with van der Waals surface area (Å²) >= 11 is 13.5. The molecule has 0 saturated carbocycles. The Morgan fingerprint density at radius 3 is 2.19 bits per heavy atom. The molecule has 8 heteroatoms. The van der Waals surface area contributed by atoms with Crippen LogP contribution in [-0.4, -0.2) is 16.8 Å². The second kappa shape index (κ2) is 7.81. The zero-order chi connectivity index (χ0) is 21.5. The fourth-order valence-corrected chi connectivity index (χ4v) is 4.71. The van der Waals surface area contributed by atoms with Crippen LogP contribution in [0.3, 0.4) is 0 Å². The van der Waals surface area contributed by atoms with E-state index in [0.29, 0.717) is 32.0 Å². The maximum Gasteiger partial charge on any atom is 0.266 e. The topological polar surface area (TPSA) is 62.3 Å². The van der Waals surface area contributed by atoms with Gasteiger partial charge >= 0.3 is 0 Å². The van der Waals surface area contributed by atoms with Crippen molar-refractivity contribution in [3.8, 4) is 11.3 Å². The van der Waals surface area contributed by atoms with Gasteiger partial charge < -0.3 is 5.32 Å². The molecule has 0 atom stereocenters. The van der Waals surface area contributed by atoms with Crippen LogP contribution in [0.1, 0.15) is 20.7 Å². The molecule has 1 aliphatic rings. The number of imide groups is 1. The fraction of sp³-hybridized carbons (Fsp3) is 0. The first-order valence-electron chi connectivity index (χ1n) is 9.26. The predicted molar refractivity (Wildman–Crippen MR) is 125 cm³/mol. The minimum atomic E-state index is -0.323. The van der Waals surface area contributed by atoms with Crippen molar-refractivity contribution in [1.29, 1.82) is 0 Å². The normalized spacial score (nSPS) is 12.9. The lowest BCUT2D eigenvalue weighted by Crippen LogP contribution is -2.29. The lowest BCUT2D eigenvalue weighted by molar-refractivity contribution is 0.0926. The highest BCUT2D eigenvalue weighted by molar-refractivity contribution is 7.14. The molecule has 3 aromatic carbocycles. The Morgan fingerprint density at radius 2 is 1.52 bits per heavy atom. The molecule has 0 saturated heterocycles. The molecule has 0 radical (unpaired) electrons. The van der Waals surface area contributed by atoms with Crippen molar-refractivity contribution < 1.29 is 9.59 Å². The highest BCUT2D eigenvalue weighted by atomic mass is 35.5. The van der Waals surface area contributed by atoms with E-state index in [1.54, 1.807) is 60.7 Å². The van der Waals surface area contributed by atoms with Crippen LogP contribution in [0.2, 0.25) is 10.0 Å². The second-order valence-electron chi connectivity index (χ2n) is 6.86. The van der Waals surface area contributed by atoms with Crippen molar-refractivity contribution in [2.24, 2.45) is 0 Å². The van der Waals surface area contributed by atoms with Crippen LogP contribution in [0.4, 0.5) is 16.5 Å². The first kappa shape index (κ1) is 19.8. The van der Waals surface area contributed by atoms with Crippen LogP contribution in [-0.2, 0) is 0 Å². The number of halogens is 2. The van der Waals surface area contributed by atoms with E-state index in [2.05, 4.69) is 10.3 Å². The summed E-state index contributed by atoms with van der Waals surface area (Å²) in [6.07, 6.45) is 0. The fourth-order valence-electron chi connectivity index (χ4n) is 3.44. The van der Waals surface area contributed by atoms with Crippen molar-refractivity contribution in [3.05, 3.63) is 93.3 Å². The maximum absolute atomic E-state index is 12.8. The number of thiazole rings is 1. The molecule has 0 bridgehead atoms. The predicted octanol–water partition coefficient (Wildman–Crippen LogP) is 6.66. The number of benzene rings is 3. The summed E-state index contributed by atoms with van der Waals surface area (Å²) in [6, 6.07) is 19.2. The summed E-state index contributed by atoms with van der Waals surface area (Å²) < 4.78 is 0. The van der Waals surface area contributed by atoms with Gasteiger partial charge in [0.1, 0.15) is 0 Å². The average molecular weight is 466 g/mol. The lowest BCUT2D eigenvalue weighted by atomic mass is 10.1. The summed E-state index contributed by atoms with van der Waals surface area (Å²) in [5, 5.41) is 6.81. The van der Waals surface area contributed by atoms with E-state index in [1.165, 1.54) is 16.2 Å². The van der Waals surface area contributed by atoms with Gasteiger partial charge in [-0.1, -0.05) is 47.5 Å².